The van der Waals surface area contributed by atoms with Gasteiger partial charge in [-0.3, -0.25) is 9.59 Å². The van der Waals surface area contributed by atoms with Gasteiger partial charge in [-0.15, -0.1) is 0 Å². The molecule has 0 aromatic heterocycles. The third-order valence-electron chi connectivity index (χ3n) is 8.08. The fourth-order valence-electron chi connectivity index (χ4n) is 6.22. The zero-order valence-corrected chi connectivity index (χ0v) is 23.0. The van der Waals surface area contributed by atoms with E-state index in [2.05, 4.69) is 0 Å². The summed E-state index contributed by atoms with van der Waals surface area (Å²) in [6.45, 7) is 1.66. The Labute approximate surface area is 229 Å². The van der Waals surface area contributed by atoms with E-state index in [0.717, 1.165) is 22.3 Å². The molecule has 3 fully saturated rings. The first kappa shape index (κ1) is 26.8. The van der Waals surface area contributed by atoms with Crippen LogP contribution in [0, 0.1) is 23.7 Å². The number of ether oxygens (including phenoxy) is 2. The highest BCUT2D eigenvalue weighted by Gasteiger charge is 2.75. The molecule has 1 unspecified atom stereocenters. The topological polar surface area (TPSA) is 90.0 Å². The molecule has 7 nitrogen and oxygen atoms in total. The second-order valence-corrected chi connectivity index (χ2v) is 12.3. The molecule has 8 heteroatoms. The molecule has 3 aromatic rings. The maximum absolute atomic E-state index is 13.7. The predicted molar refractivity (Wildman–Crippen MR) is 147 cm³/mol. The minimum Gasteiger partial charge on any atom is -0.469 e. The van der Waals surface area contributed by atoms with Crippen LogP contribution in [0.15, 0.2) is 95.9 Å². The third-order valence-corrected chi connectivity index (χ3v) is 9.89. The number of hydrogen-bond donors (Lipinski definition) is 0. The van der Waals surface area contributed by atoms with Crippen LogP contribution in [-0.4, -0.2) is 52.0 Å². The number of esters is 2. The molecule has 0 spiro atoms. The van der Waals surface area contributed by atoms with E-state index in [0.29, 0.717) is 0 Å². The molecule has 2 saturated heterocycles. The minimum absolute atomic E-state index is 0.105. The minimum atomic E-state index is -4.00. The standard InChI is InChI=1S/C31H31NO6S/c1-22-14-16-25(17-15-22)39(35,36)32-20-30(28(33)37-2)19-31(21-32,29(34)38-3)27(30)18-26(23-10-6-4-7-11-23)24-12-8-5-9-13-24/h4-18,27H,19-21H2,1-3H3/t27?,30-,31+. The van der Waals surface area contributed by atoms with E-state index >= 15 is 0 Å². The Kier molecular flexibility index (Phi) is 6.95. The maximum Gasteiger partial charge on any atom is 0.313 e. The van der Waals surface area contributed by atoms with E-state index in [-0.39, 0.29) is 24.4 Å². The zero-order valence-electron chi connectivity index (χ0n) is 22.2. The zero-order chi connectivity index (χ0) is 27.8. The second kappa shape index (κ2) is 10.1. The van der Waals surface area contributed by atoms with Gasteiger partial charge in [0, 0.05) is 19.0 Å². The molecule has 0 radical (unpaired) electrons. The van der Waals surface area contributed by atoms with Crippen molar-refractivity contribution in [2.45, 2.75) is 18.2 Å². The van der Waals surface area contributed by atoms with E-state index in [1.165, 1.54) is 18.5 Å². The van der Waals surface area contributed by atoms with Gasteiger partial charge in [-0.05, 0) is 42.2 Å². The number of carbonyl (C=O) groups is 2. The average molecular weight is 546 g/mol. The summed E-state index contributed by atoms with van der Waals surface area (Å²) in [5.74, 6) is -1.75. The van der Waals surface area contributed by atoms with Crippen molar-refractivity contribution in [3.63, 3.8) is 0 Å². The Bertz CT molecular complexity index is 1440. The number of aryl methyl sites for hydroxylation is 1. The van der Waals surface area contributed by atoms with E-state index in [4.69, 9.17) is 9.47 Å². The number of benzene rings is 3. The number of allylic oxidation sites excluding steroid dienone is 1. The van der Waals surface area contributed by atoms with Crippen LogP contribution in [0.5, 0.6) is 0 Å². The summed E-state index contributed by atoms with van der Waals surface area (Å²) < 4.78 is 39.2. The number of sulfonamides is 1. The summed E-state index contributed by atoms with van der Waals surface area (Å²) in [5, 5.41) is 0. The van der Waals surface area contributed by atoms with Gasteiger partial charge in [0.25, 0.3) is 0 Å². The van der Waals surface area contributed by atoms with Gasteiger partial charge in [-0.25, -0.2) is 8.42 Å². The Morgan fingerprint density at radius 2 is 1.26 bits per heavy atom. The lowest BCUT2D eigenvalue weighted by Gasteiger charge is -2.64. The van der Waals surface area contributed by atoms with Crippen molar-refractivity contribution in [3.05, 3.63) is 108 Å². The summed E-state index contributed by atoms with van der Waals surface area (Å²) in [6.07, 6.45) is 2.08. The van der Waals surface area contributed by atoms with Crippen LogP contribution in [0.1, 0.15) is 23.1 Å². The Balaban J connectivity index is 1.67. The normalized spacial score (nSPS) is 24.2. The summed E-state index contributed by atoms with van der Waals surface area (Å²) in [7, 11) is -1.42. The van der Waals surface area contributed by atoms with Crippen LogP contribution in [0.25, 0.3) is 5.57 Å². The highest BCUT2D eigenvalue weighted by atomic mass is 32.2. The highest BCUT2D eigenvalue weighted by molar-refractivity contribution is 7.89. The largest absolute Gasteiger partial charge is 0.469 e. The molecule has 1 aliphatic carbocycles. The monoisotopic (exact) mass is 545 g/mol. The molecular formula is C31H31NO6S. The third kappa shape index (κ3) is 4.37. The lowest BCUT2D eigenvalue weighted by Crippen LogP contribution is -2.75. The quantitative estimate of drug-likeness (QED) is 0.407. The number of rotatable bonds is 7. The SMILES string of the molecule is COC(=O)[C@]12CN(S(=O)(=O)c3ccc(C)cc3)C[C@](C(=O)OC)(C1)C2C=C(c1ccccc1)c1ccccc1. The van der Waals surface area contributed by atoms with Crippen molar-refractivity contribution in [2.75, 3.05) is 27.3 Å². The molecule has 1 saturated carbocycles. The molecule has 39 heavy (non-hydrogen) atoms. The van der Waals surface area contributed by atoms with Gasteiger partial charge >= 0.3 is 11.9 Å². The first-order valence-electron chi connectivity index (χ1n) is 12.7. The van der Waals surface area contributed by atoms with Gasteiger partial charge in [-0.1, -0.05) is 84.4 Å². The fraction of sp³-hybridized carbons (Fsp3) is 0.290. The first-order chi connectivity index (χ1) is 18.7. The van der Waals surface area contributed by atoms with Crippen molar-refractivity contribution in [3.8, 4) is 0 Å². The molecule has 3 atom stereocenters. The number of carbonyl (C=O) groups excluding carboxylic acids is 2. The van der Waals surface area contributed by atoms with Crippen LogP contribution in [0.2, 0.25) is 0 Å². The molecule has 0 amide bonds. The molecule has 202 valence electrons. The summed E-state index contributed by atoms with van der Waals surface area (Å²) in [5.41, 5.74) is 1.08. The Morgan fingerprint density at radius 3 is 1.69 bits per heavy atom. The predicted octanol–water partition coefficient (Wildman–Crippen LogP) is 4.47. The van der Waals surface area contributed by atoms with E-state index < -0.39 is 38.7 Å². The smallest absolute Gasteiger partial charge is 0.313 e. The first-order valence-corrected chi connectivity index (χ1v) is 14.2. The Morgan fingerprint density at radius 1 is 0.795 bits per heavy atom. The molecule has 2 aliphatic heterocycles. The van der Waals surface area contributed by atoms with Gasteiger partial charge in [-0.2, -0.15) is 4.31 Å². The van der Waals surface area contributed by atoms with E-state index in [1.54, 1.807) is 24.3 Å². The number of hydrogen-bond acceptors (Lipinski definition) is 6. The van der Waals surface area contributed by atoms with Crippen molar-refractivity contribution in [2.24, 2.45) is 16.7 Å². The summed E-state index contributed by atoms with van der Waals surface area (Å²) in [6, 6.07) is 26.0. The van der Waals surface area contributed by atoms with Crippen LogP contribution in [0.3, 0.4) is 0 Å². The van der Waals surface area contributed by atoms with Crippen LogP contribution < -0.4 is 0 Å². The number of methoxy groups -OCH3 is 2. The van der Waals surface area contributed by atoms with Gasteiger partial charge in [0.2, 0.25) is 10.0 Å². The van der Waals surface area contributed by atoms with E-state index in [1.807, 2.05) is 73.7 Å². The van der Waals surface area contributed by atoms with Crippen LogP contribution in [-0.2, 0) is 29.1 Å². The number of fused-ring (bicyclic) bond motifs is 2. The molecule has 6 rings (SSSR count). The summed E-state index contributed by atoms with van der Waals surface area (Å²) >= 11 is 0. The van der Waals surface area contributed by atoms with E-state index in [9.17, 15) is 18.0 Å². The molecule has 3 aliphatic rings. The molecule has 0 N–H and O–H groups in total. The molecular weight excluding hydrogens is 514 g/mol. The Hall–Kier alpha value is -3.75. The van der Waals surface area contributed by atoms with Gasteiger partial charge in [0.1, 0.15) is 0 Å². The van der Waals surface area contributed by atoms with Crippen molar-refractivity contribution < 1.29 is 27.5 Å². The second-order valence-electron chi connectivity index (χ2n) is 10.3. The fourth-order valence-corrected chi connectivity index (χ4v) is 7.80. The number of piperidine rings is 2. The molecule has 3 aromatic carbocycles. The molecule has 2 bridgehead atoms. The number of nitrogens with zero attached hydrogens (tertiary/aromatic N) is 1. The summed E-state index contributed by atoms with van der Waals surface area (Å²) in [4.78, 5) is 27.1. The van der Waals surface area contributed by atoms with Gasteiger partial charge < -0.3 is 9.47 Å². The van der Waals surface area contributed by atoms with Crippen molar-refractivity contribution in [1.29, 1.82) is 0 Å². The van der Waals surface area contributed by atoms with Crippen LogP contribution >= 0.6 is 0 Å². The van der Waals surface area contributed by atoms with Crippen molar-refractivity contribution >= 4 is 27.5 Å². The maximum atomic E-state index is 13.7. The highest BCUT2D eigenvalue weighted by Crippen LogP contribution is 2.66. The lowest BCUT2D eigenvalue weighted by molar-refractivity contribution is -0.212. The van der Waals surface area contributed by atoms with Crippen LogP contribution in [0.4, 0.5) is 0 Å². The van der Waals surface area contributed by atoms with Crippen molar-refractivity contribution in [1.82, 2.24) is 4.31 Å². The average Bonchev–Trinajstić information content (AvgIpc) is 2.97. The lowest BCUT2D eigenvalue weighted by atomic mass is 9.42. The molecule has 2 heterocycles. The van der Waals surface area contributed by atoms with Gasteiger partial charge in [0.15, 0.2) is 0 Å². The van der Waals surface area contributed by atoms with Gasteiger partial charge in [0.05, 0.1) is 29.9 Å².